The summed E-state index contributed by atoms with van der Waals surface area (Å²) in [6, 6.07) is 3.68. The summed E-state index contributed by atoms with van der Waals surface area (Å²) in [6.45, 7) is 4.39. The number of likely N-dealkylation sites (N-methyl/N-ethyl adjacent to an activating group) is 1. The van der Waals surface area contributed by atoms with Crippen LogP contribution in [-0.2, 0) is 47.0 Å². The van der Waals surface area contributed by atoms with Crippen molar-refractivity contribution in [2.45, 2.75) is 82.0 Å². The molecule has 10 heteroatoms. The van der Waals surface area contributed by atoms with E-state index in [1.165, 1.54) is 20.8 Å². The van der Waals surface area contributed by atoms with E-state index < -0.39 is 47.2 Å². The van der Waals surface area contributed by atoms with E-state index in [2.05, 4.69) is 4.90 Å². The topological polar surface area (TPSA) is 132 Å². The Balaban J connectivity index is 1.45. The maximum absolute atomic E-state index is 12.9. The SMILES string of the molecule is CC(=O)O[C@@H](C)C(=O)O[C@@H](C)C(=O)OC1=CC[C@@]2(O)[C@H]3Cc4ccc(CO)c5c4[C@@]2(CCN3C)[C@H]1O5. The minimum absolute atomic E-state index is 0.146. The number of carbonyl (C=O) groups is 3. The van der Waals surface area contributed by atoms with Crippen molar-refractivity contribution >= 4 is 17.9 Å². The van der Waals surface area contributed by atoms with Crippen molar-refractivity contribution in [1.82, 2.24) is 4.90 Å². The zero-order valence-corrected chi connectivity index (χ0v) is 20.8. The monoisotopic (exact) mass is 501 g/mol. The van der Waals surface area contributed by atoms with Crippen LogP contribution in [-0.4, -0.2) is 76.6 Å². The first kappa shape index (κ1) is 24.7. The van der Waals surface area contributed by atoms with Crippen molar-refractivity contribution in [3.05, 3.63) is 40.7 Å². The van der Waals surface area contributed by atoms with Crippen molar-refractivity contribution in [3.8, 4) is 5.75 Å². The minimum atomic E-state index is -1.27. The van der Waals surface area contributed by atoms with E-state index in [0.717, 1.165) is 17.7 Å². The number of rotatable bonds is 6. The van der Waals surface area contributed by atoms with Crippen LogP contribution in [0.3, 0.4) is 0 Å². The largest absolute Gasteiger partial charge is 0.481 e. The van der Waals surface area contributed by atoms with Gasteiger partial charge < -0.3 is 34.1 Å². The fraction of sp³-hybridized carbons (Fsp3) is 0.577. The number of ether oxygens (including phenoxy) is 4. The summed E-state index contributed by atoms with van der Waals surface area (Å²) in [5.41, 5.74) is 0.573. The lowest BCUT2D eigenvalue weighted by Crippen LogP contribution is -2.74. The highest BCUT2D eigenvalue weighted by Gasteiger charge is 2.71. The number of esters is 3. The molecule has 1 aromatic rings. The highest BCUT2D eigenvalue weighted by atomic mass is 16.6. The van der Waals surface area contributed by atoms with Gasteiger partial charge in [-0.25, -0.2) is 9.59 Å². The van der Waals surface area contributed by atoms with Gasteiger partial charge in [0.15, 0.2) is 18.3 Å². The van der Waals surface area contributed by atoms with E-state index in [-0.39, 0.29) is 24.8 Å². The minimum Gasteiger partial charge on any atom is -0.481 e. The van der Waals surface area contributed by atoms with Crippen LogP contribution >= 0.6 is 0 Å². The van der Waals surface area contributed by atoms with E-state index in [4.69, 9.17) is 18.9 Å². The average molecular weight is 502 g/mol. The third-order valence-corrected chi connectivity index (χ3v) is 8.14. The van der Waals surface area contributed by atoms with Gasteiger partial charge in [0.2, 0.25) is 0 Å². The molecule has 6 atom stereocenters. The second kappa shape index (κ2) is 8.57. The first-order valence-electron chi connectivity index (χ1n) is 12.2. The Hall–Kier alpha value is -2.95. The first-order valence-corrected chi connectivity index (χ1v) is 12.2. The van der Waals surface area contributed by atoms with Gasteiger partial charge in [-0.15, -0.1) is 0 Å². The number of aliphatic hydroxyl groups is 2. The summed E-state index contributed by atoms with van der Waals surface area (Å²) in [4.78, 5) is 38.4. The molecule has 194 valence electrons. The summed E-state index contributed by atoms with van der Waals surface area (Å²) in [5.74, 6) is -1.53. The number of piperidine rings is 1. The molecule has 5 rings (SSSR count). The van der Waals surface area contributed by atoms with E-state index in [0.29, 0.717) is 24.2 Å². The molecule has 10 nitrogen and oxygen atoms in total. The molecule has 0 unspecified atom stereocenters. The molecule has 2 aliphatic carbocycles. The predicted molar refractivity (Wildman–Crippen MR) is 124 cm³/mol. The van der Waals surface area contributed by atoms with E-state index in [1.807, 2.05) is 19.2 Å². The lowest BCUT2D eigenvalue weighted by molar-refractivity contribution is -0.179. The Morgan fingerprint density at radius 3 is 2.61 bits per heavy atom. The molecule has 1 aromatic carbocycles. The molecule has 2 heterocycles. The molecule has 2 N–H and O–H groups in total. The Morgan fingerprint density at radius 2 is 1.92 bits per heavy atom. The molecular weight excluding hydrogens is 470 g/mol. The fourth-order valence-electron chi connectivity index (χ4n) is 6.45. The first-order chi connectivity index (χ1) is 17.0. The lowest BCUT2D eigenvalue weighted by atomic mass is 9.50. The van der Waals surface area contributed by atoms with Gasteiger partial charge in [0.25, 0.3) is 0 Å². The zero-order chi connectivity index (χ0) is 26.0. The molecule has 0 aromatic heterocycles. The molecule has 0 amide bonds. The van der Waals surface area contributed by atoms with Crippen LogP contribution in [0.4, 0.5) is 0 Å². The van der Waals surface area contributed by atoms with Crippen molar-refractivity contribution in [2.75, 3.05) is 13.6 Å². The van der Waals surface area contributed by atoms with Crippen LogP contribution < -0.4 is 4.74 Å². The normalized spacial score (nSPS) is 31.3. The predicted octanol–water partition coefficient (Wildman–Crippen LogP) is 0.883. The van der Waals surface area contributed by atoms with Crippen LogP contribution in [0.2, 0.25) is 0 Å². The summed E-state index contributed by atoms with van der Waals surface area (Å²) >= 11 is 0. The number of hydrogen-bond donors (Lipinski definition) is 2. The Morgan fingerprint density at radius 1 is 1.19 bits per heavy atom. The van der Waals surface area contributed by atoms with Crippen molar-refractivity contribution in [3.63, 3.8) is 0 Å². The van der Waals surface area contributed by atoms with Gasteiger partial charge >= 0.3 is 17.9 Å². The molecular formula is C26H31NO9. The van der Waals surface area contributed by atoms with Crippen LogP contribution in [0.25, 0.3) is 0 Å². The van der Waals surface area contributed by atoms with Crippen LogP contribution in [0.1, 0.15) is 50.3 Å². The van der Waals surface area contributed by atoms with Gasteiger partial charge in [-0.3, -0.25) is 4.79 Å². The maximum Gasteiger partial charge on any atom is 0.352 e. The Labute approximate surface area is 208 Å². The average Bonchev–Trinajstić information content (AvgIpc) is 3.18. The fourth-order valence-corrected chi connectivity index (χ4v) is 6.45. The van der Waals surface area contributed by atoms with Crippen LogP contribution in [0.15, 0.2) is 24.0 Å². The number of benzene rings is 1. The zero-order valence-electron chi connectivity index (χ0n) is 20.8. The van der Waals surface area contributed by atoms with Crippen LogP contribution in [0, 0.1) is 0 Å². The number of likely N-dealkylation sites (tertiary alicyclic amines) is 1. The molecule has 1 fully saturated rings. The third kappa shape index (κ3) is 3.38. The quantitative estimate of drug-likeness (QED) is 0.428. The lowest BCUT2D eigenvalue weighted by Gasteiger charge is -2.61. The molecule has 1 saturated heterocycles. The van der Waals surface area contributed by atoms with Gasteiger partial charge in [-0.05, 0) is 51.9 Å². The maximum atomic E-state index is 12.9. The summed E-state index contributed by atoms with van der Waals surface area (Å²) in [6.07, 6.45) is -0.0466. The molecule has 36 heavy (non-hydrogen) atoms. The second-order valence-corrected chi connectivity index (χ2v) is 10.2. The highest BCUT2D eigenvalue weighted by molar-refractivity contribution is 5.83. The highest BCUT2D eigenvalue weighted by Crippen LogP contribution is 2.64. The number of hydrogen-bond acceptors (Lipinski definition) is 10. The van der Waals surface area contributed by atoms with Gasteiger partial charge in [-0.2, -0.15) is 0 Å². The van der Waals surface area contributed by atoms with Gasteiger partial charge in [-0.1, -0.05) is 12.1 Å². The molecule has 1 spiro atoms. The number of aliphatic hydroxyl groups excluding tert-OH is 1. The standard InChI is InChI=1S/C26H31NO9/c1-13(33-15(3)29)23(30)34-14(2)24(31)35-18-7-8-26(32)19-11-16-5-6-17(12-28)21-20(16)25(26,22(18)36-21)9-10-27(19)4/h5-7,13-14,19,22,28,32H,8-12H2,1-4H3/t13-,14-,19+,22-,25-,26+/m0/s1. The molecule has 0 saturated carbocycles. The second-order valence-electron chi connectivity index (χ2n) is 10.2. The Bertz CT molecular complexity index is 1160. The van der Waals surface area contributed by atoms with Crippen LogP contribution in [0.5, 0.6) is 5.75 Å². The number of nitrogens with zero attached hydrogens (tertiary/aromatic N) is 1. The smallest absolute Gasteiger partial charge is 0.352 e. The van der Waals surface area contributed by atoms with Gasteiger partial charge in [0.1, 0.15) is 11.5 Å². The van der Waals surface area contributed by atoms with E-state index >= 15 is 0 Å². The molecule has 4 aliphatic rings. The van der Waals surface area contributed by atoms with Crippen molar-refractivity contribution in [1.29, 1.82) is 0 Å². The third-order valence-electron chi connectivity index (χ3n) is 8.14. The number of carbonyl (C=O) groups excluding carboxylic acids is 3. The van der Waals surface area contributed by atoms with E-state index in [9.17, 15) is 24.6 Å². The Kier molecular flexibility index (Phi) is 5.89. The summed E-state index contributed by atoms with van der Waals surface area (Å²) < 4.78 is 22.1. The van der Waals surface area contributed by atoms with Crippen molar-refractivity contribution < 1.29 is 43.5 Å². The molecule has 0 radical (unpaired) electrons. The van der Waals surface area contributed by atoms with E-state index in [1.54, 1.807) is 6.08 Å². The summed E-state index contributed by atoms with van der Waals surface area (Å²) in [5, 5.41) is 22.2. The molecule has 2 aliphatic heterocycles. The van der Waals surface area contributed by atoms with Gasteiger partial charge in [0.05, 0.1) is 17.6 Å². The summed E-state index contributed by atoms with van der Waals surface area (Å²) in [7, 11) is 2.00. The molecule has 2 bridgehead atoms. The van der Waals surface area contributed by atoms with Gasteiger partial charge in [0, 0.05) is 30.5 Å². The van der Waals surface area contributed by atoms with Crippen molar-refractivity contribution in [2.24, 2.45) is 0 Å².